The van der Waals surface area contributed by atoms with E-state index in [-0.39, 0.29) is 0 Å². The first-order valence-corrected chi connectivity index (χ1v) is 6.99. The van der Waals surface area contributed by atoms with Crippen LogP contribution in [0.1, 0.15) is 6.92 Å². The third kappa shape index (κ3) is 3.43. The van der Waals surface area contributed by atoms with Crippen LogP contribution in [0.3, 0.4) is 0 Å². The van der Waals surface area contributed by atoms with Crippen LogP contribution in [0.25, 0.3) is 0 Å². The Morgan fingerprint density at radius 3 is 3.14 bits per heavy atom. The summed E-state index contributed by atoms with van der Waals surface area (Å²) >= 11 is 3.54. The number of nitriles is 1. The summed E-state index contributed by atoms with van der Waals surface area (Å²) in [6.07, 6.45) is 3.84. The minimum Gasteiger partial charge on any atom is -0.349 e. The zero-order valence-corrected chi connectivity index (χ0v) is 10.2. The lowest BCUT2D eigenvalue weighted by Gasteiger charge is -2.23. The summed E-state index contributed by atoms with van der Waals surface area (Å²) < 4.78 is 0. The zero-order chi connectivity index (χ0) is 10.4. The van der Waals surface area contributed by atoms with E-state index in [2.05, 4.69) is 16.8 Å². The third-order valence-electron chi connectivity index (χ3n) is 2.04. The summed E-state index contributed by atoms with van der Waals surface area (Å²) in [5.41, 5.74) is 0. The first-order valence-electron chi connectivity index (χ1n) is 4.61. The molecule has 0 bridgehead atoms. The molecule has 1 aliphatic heterocycles. The Hall–Kier alpha value is -0.340. The summed E-state index contributed by atoms with van der Waals surface area (Å²) in [5, 5.41) is 9.41. The van der Waals surface area contributed by atoms with Gasteiger partial charge in [-0.1, -0.05) is 18.7 Å². The van der Waals surface area contributed by atoms with Gasteiger partial charge in [-0.2, -0.15) is 17.0 Å². The highest BCUT2D eigenvalue weighted by molar-refractivity contribution is 8.13. The molecular formula is C9H15N3S2. The molecule has 0 aromatic rings. The van der Waals surface area contributed by atoms with Crippen LogP contribution in [-0.2, 0) is 0 Å². The quantitative estimate of drug-likeness (QED) is 0.361. The summed E-state index contributed by atoms with van der Waals surface area (Å²) in [6, 6.07) is 0. The molecule has 5 heteroatoms. The van der Waals surface area contributed by atoms with E-state index in [1.807, 2.05) is 24.2 Å². The number of hydrogen-bond donors (Lipinski definition) is 0. The van der Waals surface area contributed by atoms with Crippen molar-refractivity contribution < 1.29 is 0 Å². The Balaban J connectivity index is 2.64. The van der Waals surface area contributed by atoms with E-state index in [0.717, 1.165) is 24.0 Å². The van der Waals surface area contributed by atoms with E-state index in [0.29, 0.717) is 5.92 Å². The highest BCUT2D eigenvalue weighted by Gasteiger charge is 2.17. The zero-order valence-electron chi connectivity index (χ0n) is 8.56. The van der Waals surface area contributed by atoms with Gasteiger partial charge in [0.05, 0.1) is 0 Å². The molecule has 1 atom stereocenters. The summed E-state index contributed by atoms with van der Waals surface area (Å²) in [6.45, 7) is 4.28. The van der Waals surface area contributed by atoms with Crippen LogP contribution in [0.5, 0.6) is 0 Å². The summed E-state index contributed by atoms with van der Waals surface area (Å²) in [5.74, 6) is 3.03. The summed E-state index contributed by atoms with van der Waals surface area (Å²) in [4.78, 5) is 6.07. The lowest BCUT2D eigenvalue weighted by atomic mass is 10.2. The first-order chi connectivity index (χ1) is 6.77. The minimum absolute atomic E-state index is 0.679. The monoisotopic (exact) mass is 229 g/mol. The molecule has 1 heterocycles. The number of nitrogens with zero attached hydrogens (tertiary/aromatic N) is 3. The molecule has 0 N–H and O–H groups in total. The average Bonchev–Trinajstić information content (AvgIpc) is 2.39. The van der Waals surface area contributed by atoms with Crippen molar-refractivity contribution in [1.82, 2.24) is 4.90 Å². The van der Waals surface area contributed by atoms with E-state index in [4.69, 9.17) is 5.26 Å². The smallest absolute Gasteiger partial charge is 0.208 e. The van der Waals surface area contributed by atoms with Crippen molar-refractivity contribution >= 4 is 28.7 Å². The molecule has 0 aromatic heterocycles. The van der Waals surface area contributed by atoms with E-state index in [1.54, 1.807) is 11.8 Å². The van der Waals surface area contributed by atoms with Crippen LogP contribution in [0.4, 0.5) is 0 Å². The molecular weight excluding hydrogens is 214 g/mol. The van der Waals surface area contributed by atoms with Gasteiger partial charge in [-0.3, -0.25) is 0 Å². The van der Waals surface area contributed by atoms with Crippen LogP contribution in [0, 0.1) is 17.4 Å². The Morgan fingerprint density at radius 2 is 2.50 bits per heavy atom. The van der Waals surface area contributed by atoms with E-state index < -0.39 is 0 Å². The van der Waals surface area contributed by atoms with Crippen molar-refractivity contribution in [3.63, 3.8) is 0 Å². The lowest BCUT2D eigenvalue weighted by Crippen LogP contribution is -2.33. The van der Waals surface area contributed by atoms with Crippen LogP contribution >= 0.6 is 23.5 Å². The minimum atomic E-state index is 0.679. The van der Waals surface area contributed by atoms with Gasteiger partial charge >= 0.3 is 0 Å². The second-order valence-corrected chi connectivity index (χ2v) is 5.25. The maximum Gasteiger partial charge on any atom is 0.208 e. The van der Waals surface area contributed by atoms with Crippen LogP contribution in [0.2, 0.25) is 0 Å². The normalized spacial score (nSPS) is 24.2. The standard InChI is InChI=1S/C9H15N3S2/c1-8-5-12(3-4-14-6-8)9(13-2)11-7-10/h8H,3-6H2,1-2H3. The predicted octanol–water partition coefficient (Wildman–Crippen LogP) is 1.87. The molecule has 0 saturated carbocycles. The second kappa shape index (κ2) is 6.20. The molecule has 14 heavy (non-hydrogen) atoms. The number of hydrogen-bond acceptors (Lipinski definition) is 4. The lowest BCUT2D eigenvalue weighted by molar-refractivity contribution is 0.401. The molecule has 0 aromatic carbocycles. The van der Waals surface area contributed by atoms with E-state index >= 15 is 0 Å². The SMILES string of the molecule is CSC(=NC#N)N1CCSCC(C)C1. The van der Waals surface area contributed by atoms with Gasteiger partial charge in [-0.25, -0.2) is 0 Å². The maximum absolute atomic E-state index is 8.55. The van der Waals surface area contributed by atoms with Gasteiger partial charge in [0.15, 0.2) is 5.17 Å². The molecule has 1 unspecified atom stereocenters. The highest BCUT2D eigenvalue weighted by Crippen LogP contribution is 2.18. The number of thioether (sulfide) groups is 2. The van der Waals surface area contributed by atoms with Crippen molar-refractivity contribution in [2.75, 3.05) is 30.9 Å². The van der Waals surface area contributed by atoms with Gasteiger partial charge in [-0.05, 0) is 17.9 Å². The maximum atomic E-state index is 8.55. The van der Waals surface area contributed by atoms with E-state index in [9.17, 15) is 0 Å². The Morgan fingerprint density at radius 1 is 1.71 bits per heavy atom. The van der Waals surface area contributed by atoms with Gasteiger partial charge in [0, 0.05) is 18.8 Å². The fourth-order valence-corrected chi connectivity index (χ4v) is 3.02. The van der Waals surface area contributed by atoms with Crippen LogP contribution in [0.15, 0.2) is 4.99 Å². The van der Waals surface area contributed by atoms with Gasteiger partial charge in [0.25, 0.3) is 0 Å². The molecule has 78 valence electrons. The molecule has 3 nitrogen and oxygen atoms in total. The number of amidine groups is 1. The van der Waals surface area contributed by atoms with Crippen molar-refractivity contribution in [3.05, 3.63) is 0 Å². The topological polar surface area (TPSA) is 39.4 Å². The largest absolute Gasteiger partial charge is 0.349 e. The Labute approximate surface area is 93.9 Å². The number of aliphatic imine (C=N–C) groups is 1. The molecule has 0 aliphatic carbocycles. The van der Waals surface area contributed by atoms with Crippen molar-refractivity contribution in [3.8, 4) is 6.19 Å². The van der Waals surface area contributed by atoms with Gasteiger partial charge < -0.3 is 4.90 Å². The van der Waals surface area contributed by atoms with Crippen LogP contribution in [-0.4, -0.2) is 40.9 Å². The van der Waals surface area contributed by atoms with E-state index in [1.165, 1.54) is 5.75 Å². The predicted molar refractivity (Wildman–Crippen MR) is 64.6 cm³/mol. The fourth-order valence-electron chi connectivity index (χ4n) is 1.44. The van der Waals surface area contributed by atoms with Gasteiger partial charge in [-0.15, -0.1) is 4.99 Å². The second-order valence-electron chi connectivity index (χ2n) is 3.32. The van der Waals surface area contributed by atoms with Crippen molar-refractivity contribution in [1.29, 1.82) is 5.26 Å². The first kappa shape index (κ1) is 11.7. The molecule has 0 radical (unpaired) electrons. The molecule has 1 rings (SSSR count). The Kier molecular flexibility index (Phi) is 5.20. The molecule has 0 spiro atoms. The fraction of sp³-hybridized carbons (Fsp3) is 0.778. The molecule has 1 saturated heterocycles. The number of rotatable bonds is 0. The van der Waals surface area contributed by atoms with Crippen molar-refractivity contribution in [2.24, 2.45) is 10.9 Å². The molecule has 0 amide bonds. The van der Waals surface area contributed by atoms with Crippen LogP contribution < -0.4 is 0 Å². The molecule has 1 fully saturated rings. The average molecular weight is 229 g/mol. The summed E-state index contributed by atoms with van der Waals surface area (Å²) in [7, 11) is 0. The highest BCUT2D eigenvalue weighted by atomic mass is 32.2. The Bertz CT molecular complexity index is 247. The molecule has 1 aliphatic rings. The third-order valence-corrected chi connectivity index (χ3v) is 4.03. The van der Waals surface area contributed by atoms with Gasteiger partial charge in [0.2, 0.25) is 6.19 Å². The van der Waals surface area contributed by atoms with Crippen molar-refractivity contribution in [2.45, 2.75) is 6.92 Å². The van der Waals surface area contributed by atoms with Gasteiger partial charge in [0.1, 0.15) is 0 Å².